The summed E-state index contributed by atoms with van der Waals surface area (Å²) < 4.78 is 5.51. The molecular weight excluding hydrogens is 430 g/mol. The number of nitrogens with one attached hydrogen (secondary N) is 2. The van der Waals surface area contributed by atoms with E-state index in [2.05, 4.69) is 20.2 Å². The van der Waals surface area contributed by atoms with Gasteiger partial charge in [-0.1, -0.05) is 33.1 Å². The Morgan fingerprint density at radius 1 is 1.24 bits per heavy atom. The summed E-state index contributed by atoms with van der Waals surface area (Å²) in [5, 5.41) is 22.1. The lowest BCUT2D eigenvalue weighted by molar-refractivity contribution is 0.0690. The van der Waals surface area contributed by atoms with Crippen LogP contribution >= 0.6 is 0 Å². The van der Waals surface area contributed by atoms with Crippen LogP contribution in [0.2, 0.25) is 0 Å². The third-order valence-corrected chi connectivity index (χ3v) is 6.90. The van der Waals surface area contributed by atoms with Gasteiger partial charge >= 0.3 is 5.97 Å². The van der Waals surface area contributed by atoms with E-state index in [0.29, 0.717) is 35.3 Å². The molecule has 3 heterocycles. The number of anilines is 2. The van der Waals surface area contributed by atoms with E-state index >= 15 is 0 Å². The number of nitrogens with zero attached hydrogens (tertiary/aromatic N) is 3. The molecular formula is C26H35N5O3. The van der Waals surface area contributed by atoms with Crippen LogP contribution in [-0.4, -0.2) is 59.1 Å². The van der Waals surface area contributed by atoms with Crippen molar-refractivity contribution in [2.45, 2.75) is 64.5 Å². The third-order valence-electron chi connectivity index (χ3n) is 6.90. The molecule has 2 aliphatic rings. The van der Waals surface area contributed by atoms with Crippen molar-refractivity contribution in [3.05, 3.63) is 35.7 Å². The minimum absolute atomic E-state index is 0.0297. The maximum atomic E-state index is 12.0. The summed E-state index contributed by atoms with van der Waals surface area (Å²) in [5.41, 5.74) is 2.52. The average Bonchev–Trinajstić information content (AvgIpc) is 3.38. The maximum Gasteiger partial charge on any atom is 0.354 e. The second-order valence-electron chi connectivity index (χ2n) is 9.66. The summed E-state index contributed by atoms with van der Waals surface area (Å²) in [6, 6.07) is 6.02. The monoisotopic (exact) mass is 465 g/mol. The molecule has 2 fully saturated rings. The zero-order valence-corrected chi connectivity index (χ0v) is 20.3. The Hall–Kier alpha value is -3.00. The van der Waals surface area contributed by atoms with Crippen molar-refractivity contribution in [2.75, 3.05) is 30.5 Å². The zero-order valence-electron chi connectivity index (χ0n) is 20.3. The van der Waals surface area contributed by atoms with Gasteiger partial charge in [0.05, 0.1) is 12.6 Å². The molecule has 0 bridgehead atoms. The van der Waals surface area contributed by atoms with E-state index in [4.69, 9.17) is 10.1 Å². The second-order valence-corrected chi connectivity index (χ2v) is 9.66. The summed E-state index contributed by atoms with van der Waals surface area (Å²) in [7, 11) is 2.02. The average molecular weight is 466 g/mol. The lowest BCUT2D eigenvalue weighted by atomic mass is 9.91. The summed E-state index contributed by atoms with van der Waals surface area (Å²) in [4.78, 5) is 23.2. The van der Waals surface area contributed by atoms with Crippen molar-refractivity contribution in [1.29, 1.82) is 5.41 Å². The van der Waals surface area contributed by atoms with Gasteiger partial charge in [-0.15, -0.1) is 0 Å². The first-order valence-corrected chi connectivity index (χ1v) is 12.3. The first kappa shape index (κ1) is 24.1. The molecule has 1 atom stereocenters. The largest absolute Gasteiger partial charge is 0.477 e. The summed E-state index contributed by atoms with van der Waals surface area (Å²) >= 11 is 0. The van der Waals surface area contributed by atoms with Gasteiger partial charge in [0, 0.05) is 42.7 Å². The third kappa shape index (κ3) is 5.22. The van der Waals surface area contributed by atoms with Gasteiger partial charge in [-0.3, -0.25) is 0 Å². The highest BCUT2D eigenvalue weighted by molar-refractivity contribution is 6.09. The first-order valence-electron chi connectivity index (χ1n) is 12.3. The Morgan fingerprint density at radius 2 is 2.00 bits per heavy atom. The van der Waals surface area contributed by atoms with Gasteiger partial charge < -0.3 is 25.5 Å². The van der Waals surface area contributed by atoms with Crippen LogP contribution in [0.5, 0.6) is 0 Å². The molecule has 0 amide bonds. The van der Waals surface area contributed by atoms with Crippen molar-refractivity contribution in [3.63, 3.8) is 0 Å². The van der Waals surface area contributed by atoms with E-state index < -0.39 is 5.97 Å². The number of carbonyl (C=O) groups is 1. The second kappa shape index (κ2) is 10.5. The number of aromatic nitrogens is 2. The minimum Gasteiger partial charge on any atom is -0.477 e. The highest BCUT2D eigenvalue weighted by Crippen LogP contribution is 2.33. The van der Waals surface area contributed by atoms with Gasteiger partial charge in [-0.25, -0.2) is 14.8 Å². The molecule has 3 N–H and O–H groups in total. The fourth-order valence-corrected chi connectivity index (χ4v) is 4.76. The molecule has 1 saturated heterocycles. The predicted molar refractivity (Wildman–Crippen MR) is 134 cm³/mol. The molecule has 1 aliphatic heterocycles. The van der Waals surface area contributed by atoms with E-state index in [9.17, 15) is 9.90 Å². The fraction of sp³-hybridized carbons (Fsp3) is 0.538. The lowest BCUT2D eigenvalue weighted by Gasteiger charge is -2.27. The van der Waals surface area contributed by atoms with Gasteiger partial charge in [0.15, 0.2) is 5.69 Å². The predicted octanol–water partition coefficient (Wildman–Crippen LogP) is 4.84. The SMILES string of the molecule is CC(C)C(=N)c1c(-c2ccc(N(C)C3CCOC3)nc2)cc(C(=O)O)nc1NC1CCCCC1. The molecule has 2 aromatic rings. The van der Waals surface area contributed by atoms with E-state index in [1.54, 1.807) is 12.3 Å². The van der Waals surface area contributed by atoms with Crippen LogP contribution in [0.15, 0.2) is 24.4 Å². The molecule has 1 aliphatic carbocycles. The Kier molecular flexibility index (Phi) is 7.46. The fourth-order valence-electron chi connectivity index (χ4n) is 4.76. The summed E-state index contributed by atoms with van der Waals surface area (Å²) in [6.45, 7) is 5.40. The van der Waals surface area contributed by atoms with Gasteiger partial charge in [0.25, 0.3) is 0 Å². The molecule has 2 aromatic heterocycles. The minimum atomic E-state index is -1.08. The summed E-state index contributed by atoms with van der Waals surface area (Å²) in [6.07, 6.45) is 8.30. The Labute approximate surface area is 201 Å². The Morgan fingerprint density at radius 3 is 2.59 bits per heavy atom. The number of rotatable bonds is 8. The quantitative estimate of drug-likeness (QED) is 0.479. The molecule has 1 saturated carbocycles. The van der Waals surface area contributed by atoms with Gasteiger partial charge in [-0.2, -0.15) is 0 Å². The molecule has 0 spiro atoms. The number of carboxylic acid groups (broad SMARTS) is 1. The Bertz CT molecular complexity index is 1030. The number of carboxylic acids is 1. The van der Waals surface area contributed by atoms with Crippen LogP contribution in [0, 0.1) is 11.3 Å². The number of ether oxygens (including phenoxy) is 1. The molecule has 182 valence electrons. The van der Waals surface area contributed by atoms with Crippen LogP contribution in [0.25, 0.3) is 11.1 Å². The van der Waals surface area contributed by atoms with Crippen molar-refractivity contribution >= 4 is 23.3 Å². The van der Waals surface area contributed by atoms with Crippen LogP contribution in [0.4, 0.5) is 11.6 Å². The van der Waals surface area contributed by atoms with Gasteiger partial charge in [-0.05, 0) is 48.9 Å². The smallest absolute Gasteiger partial charge is 0.354 e. The number of hydrogen-bond acceptors (Lipinski definition) is 7. The first-order chi connectivity index (χ1) is 16.3. The molecule has 4 rings (SSSR count). The van der Waals surface area contributed by atoms with Crippen molar-refractivity contribution < 1.29 is 14.6 Å². The van der Waals surface area contributed by atoms with Gasteiger partial charge in [0.1, 0.15) is 11.6 Å². The zero-order chi connectivity index (χ0) is 24.2. The van der Waals surface area contributed by atoms with Crippen molar-refractivity contribution in [3.8, 4) is 11.1 Å². The molecule has 34 heavy (non-hydrogen) atoms. The molecule has 8 nitrogen and oxygen atoms in total. The maximum absolute atomic E-state index is 12.0. The topological polar surface area (TPSA) is 111 Å². The van der Waals surface area contributed by atoms with E-state index in [0.717, 1.165) is 50.1 Å². The standard InChI is InChI=1S/C26H35N5O3/c1-16(2)24(27)23-20(17-9-10-22(28-14-17)31(3)19-11-12-34-15-19)13-21(26(32)33)30-25(23)29-18-7-5-4-6-8-18/h9-10,13-14,16,18-19,27H,4-8,11-12,15H2,1-3H3,(H,29,30)(H,32,33). The Balaban J connectivity index is 1.76. The summed E-state index contributed by atoms with van der Waals surface area (Å²) in [5.74, 6) is 0.211. The van der Waals surface area contributed by atoms with Gasteiger partial charge in [0.2, 0.25) is 0 Å². The molecule has 0 radical (unpaired) electrons. The highest BCUT2D eigenvalue weighted by atomic mass is 16.5. The number of hydrogen-bond donors (Lipinski definition) is 3. The van der Waals surface area contributed by atoms with E-state index in [1.165, 1.54) is 6.42 Å². The number of likely N-dealkylation sites (N-methyl/N-ethyl adjacent to an activating group) is 1. The normalized spacial score (nSPS) is 18.8. The molecule has 0 aromatic carbocycles. The molecule has 1 unspecified atom stereocenters. The van der Waals surface area contributed by atoms with Crippen molar-refractivity contribution in [2.24, 2.45) is 5.92 Å². The number of pyridine rings is 2. The number of aromatic carboxylic acids is 1. The van der Waals surface area contributed by atoms with Crippen LogP contribution in [0.1, 0.15) is 68.4 Å². The van der Waals surface area contributed by atoms with Crippen molar-refractivity contribution in [1.82, 2.24) is 9.97 Å². The lowest BCUT2D eigenvalue weighted by Crippen LogP contribution is -2.32. The molecule has 8 heteroatoms. The van der Waals surface area contributed by atoms with E-state index in [-0.39, 0.29) is 17.7 Å². The van der Waals surface area contributed by atoms with Crippen LogP contribution in [-0.2, 0) is 4.74 Å². The van der Waals surface area contributed by atoms with Crippen LogP contribution < -0.4 is 10.2 Å². The highest BCUT2D eigenvalue weighted by Gasteiger charge is 2.25. The van der Waals surface area contributed by atoms with Crippen LogP contribution in [0.3, 0.4) is 0 Å². The van der Waals surface area contributed by atoms with E-state index in [1.807, 2.05) is 33.0 Å².